The van der Waals surface area contributed by atoms with Gasteiger partial charge < -0.3 is 19.1 Å². The van der Waals surface area contributed by atoms with Crippen molar-refractivity contribution in [3.63, 3.8) is 0 Å². The van der Waals surface area contributed by atoms with Gasteiger partial charge in [-0.1, -0.05) is 67.2 Å². The van der Waals surface area contributed by atoms with Gasteiger partial charge in [0.05, 0.1) is 35.6 Å². The first-order chi connectivity index (χ1) is 19.4. The van der Waals surface area contributed by atoms with Crippen LogP contribution in [0.2, 0.25) is 0 Å². The normalized spacial score (nSPS) is 22.5. The smallest absolute Gasteiger partial charge is 0.266 e. The highest BCUT2D eigenvalue weighted by molar-refractivity contribution is 7.99. The quantitative estimate of drug-likeness (QED) is 0.244. The van der Waals surface area contributed by atoms with E-state index < -0.39 is 6.29 Å². The Morgan fingerprint density at radius 2 is 1.55 bits per heavy atom. The molecule has 0 aliphatic carbocycles. The summed E-state index contributed by atoms with van der Waals surface area (Å²) in [5.74, 6) is 0.0707. The van der Waals surface area contributed by atoms with E-state index in [9.17, 15) is 14.7 Å². The highest BCUT2D eigenvalue weighted by Gasteiger charge is 2.39. The first-order valence-corrected chi connectivity index (χ1v) is 14.1. The van der Waals surface area contributed by atoms with Crippen molar-refractivity contribution in [1.29, 1.82) is 0 Å². The molecule has 1 N–H and O–H groups in total. The summed E-state index contributed by atoms with van der Waals surface area (Å²) < 4.78 is 15.0. The SMILES string of the molecule is C[C@H]1[C@@H](CSc2nccn2C)O[C@@H](c2ccc(N3C(=O)c4ccccc4C3=O)cc2)O[C@H]1c1ccc(CO)cc1. The van der Waals surface area contributed by atoms with Gasteiger partial charge in [0.15, 0.2) is 11.4 Å². The molecule has 2 aliphatic rings. The zero-order valence-electron chi connectivity index (χ0n) is 22.1. The molecule has 1 fully saturated rings. The summed E-state index contributed by atoms with van der Waals surface area (Å²) in [6, 6.07) is 21.8. The van der Waals surface area contributed by atoms with Gasteiger partial charge in [-0.25, -0.2) is 9.88 Å². The highest BCUT2D eigenvalue weighted by atomic mass is 32.2. The van der Waals surface area contributed by atoms with Crippen LogP contribution in [0.5, 0.6) is 0 Å². The third-order valence-corrected chi connectivity index (χ3v) is 8.64. The molecule has 2 aliphatic heterocycles. The van der Waals surface area contributed by atoms with Crippen LogP contribution in [-0.2, 0) is 23.1 Å². The van der Waals surface area contributed by atoms with Crippen LogP contribution in [0.15, 0.2) is 90.3 Å². The van der Waals surface area contributed by atoms with Crippen molar-refractivity contribution < 1.29 is 24.2 Å². The van der Waals surface area contributed by atoms with Crippen molar-refractivity contribution in [2.24, 2.45) is 13.0 Å². The molecule has 3 heterocycles. The summed E-state index contributed by atoms with van der Waals surface area (Å²) in [7, 11) is 1.97. The summed E-state index contributed by atoms with van der Waals surface area (Å²) in [5.41, 5.74) is 3.95. The summed E-state index contributed by atoms with van der Waals surface area (Å²) >= 11 is 1.63. The van der Waals surface area contributed by atoms with Crippen LogP contribution < -0.4 is 4.90 Å². The number of ether oxygens (including phenoxy) is 2. The Hall–Kier alpha value is -3.76. The second kappa shape index (κ2) is 11.0. The molecule has 0 radical (unpaired) electrons. The molecule has 0 bridgehead atoms. The van der Waals surface area contributed by atoms with E-state index in [1.807, 2.05) is 54.2 Å². The number of benzene rings is 3. The Balaban J connectivity index is 1.26. The summed E-state index contributed by atoms with van der Waals surface area (Å²) in [4.78, 5) is 31.5. The van der Waals surface area contributed by atoms with Gasteiger partial charge in [0.1, 0.15) is 0 Å². The third kappa shape index (κ3) is 4.86. The molecule has 0 saturated carbocycles. The molecule has 4 atom stereocenters. The molecule has 40 heavy (non-hydrogen) atoms. The van der Waals surface area contributed by atoms with Crippen LogP contribution >= 0.6 is 11.8 Å². The van der Waals surface area contributed by atoms with Crippen LogP contribution in [0.25, 0.3) is 0 Å². The van der Waals surface area contributed by atoms with Gasteiger partial charge >= 0.3 is 0 Å². The van der Waals surface area contributed by atoms with Crippen molar-refractivity contribution >= 4 is 29.3 Å². The monoisotopic (exact) mass is 555 g/mol. The van der Waals surface area contributed by atoms with E-state index in [4.69, 9.17) is 9.47 Å². The van der Waals surface area contributed by atoms with E-state index in [0.29, 0.717) is 22.6 Å². The number of anilines is 1. The molecule has 8 nitrogen and oxygen atoms in total. The van der Waals surface area contributed by atoms with Crippen LogP contribution in [0.4, 0.5) is 5.69 Å². The van der Waals surface area contributed by atoms with Crippen molar-refractivity contribution in [2.45, 2.75) is 37.2 Å². The molecule has 9 heteroatoms. The molecule has 0 spiro atoms. The molecule has 1 aromatic heterocycles. The largest absolute Gasteiger partial charge is 0.392 e. The van der Waals surface area contributed by atoms with Crippen molar-refractivity contribution in [3.8, 4) is 0 Å². The number of amides is 2. The molecule has 4 aromatic rings. The molecule has 6 rings (SSSR count). The van der Waals surface area contributed by atoms with Crippen molar-refractivity contribution in [3.05, 3.63) is 113 Å². The molecule has 1 saturated heterocycles. The predicted octanol–water partition coefficient (Wildman–Crippen LogP) is 5.30. The standard InChI is InChI=1S/C31H29N3O5S/c1-19-26(18-40-31-32-15-16-33(31)2)38-30(39-27(19)21-9-7-20(17-35)8-10-21)22-11-13-23(14-12-22)34-28(36)24-5-3-4-6-25(24)29(34)37/h3-16,19,26-27,30,35H,17-18H2,1-2H3/t19-,26+,27+,30+/m0/s1. The molecular weight excluding hydrogens is 526 g/mol. The fourth-order valence-electron chi connectivity index (χ4n) is 5.16. The lowest BCUT2D eigenvalue weighted by Gasteiger charge is -2.41. The topological polar surface area (TPSA) is 93.9 Å². The van der Waals surface area contributed by atoms with Crippen LogP contribution in [-0.4, -0.2) is 38.3 Å². The maximum absolute atomic E-state index is 12.9. The van der Waals surface area contributed by atoms with Gasteiger partial charge in [0.25, 0.3) is 11.8 Å². The lowest BCUT2D eigenvalue weighted by atomic mass is 9.91. The van der Waals surface area contributed by atoms with Gasteiger partial charge in [-0.2, -0.15) is 0 Å². The van der Waals surface area contributed by atoms with E-state index in [0.717, 1.165) is 21.8 Å². The van der Waals surface area contributed by atoms with Crippen LogP contribution in [0, 0.1) is 5.92 Å². The minimum absolute atomic E-state index is 0.0184. The number of hydrogen-bond acceptors (Lipinski definition) is 7. The maximum atomic E-state index is 12.9. The fourth-order valence-corrected chi connectivity index (χ4v) is 6.26. The van der Waals surface area contributed by atoms with E-state index >= 15 is 0 Å². The zero-order valence-corrected chi connectivity index (χ0v) is 23.0. The van der Waals surface area contributed by atoms with Gasteiger partial charge in [-0.15, -0.1) is 0 Å². The number of aliphatic hydroxyl groups is 1. The molecule has 2 amide bonds. The number of nitrogens with zero attached hydrogens (tertiary/aromatic N) is 3. The number of rotatable bonds is 7. The third-order valence-electron chi connectivity index (χ3n) is 7.49. The van der Waals surface area contributed by atoms with Crippen LogP contribution in [0.1, 0.15) is 56.7 Å². The van der Waals surface area contributed by atoms with E-state index in [1.165, 1.54) is 4.90 Å². The lowest BCUT2D eigenvalue weighted by Crippen LogP contribution is -2.38. The Bertz CT molecular complexity index is 1500. The molecule has 0 unspecified atom stereocenters. The Kier molecular flexibility index (Phi) is 7.29. The van der Waals surface area contributed by atoms with Gasteiger partial charge in [-0.05, 0) is 35.4 Å². The summed E-state index contributed by atoms with van der Waals surface area (Å²) in [6.07, 6.45) is 2.66. The second-order valence-corrected chi connectivity index (χ2v) is 11.0. The average molecular weight is 556 g/mol. The van der Waals surface area contributed by atoms with E-state index in [1.54, 1.807) is 54.4 Å². The number of carbonyl (C=O) groups is 2. The average Bonchev–Trinajstić information content (AvgIpc) is 3.52. The first kappa shape index (κ1) is 26.5. The maximum Gasteiger partial charge on any atom is 0.266 e. The summed E-state index contributed by atoms with van der Waals surface area (Å²) in [6.45, 7) is 2.10. The lowest BCUT2D eigenvalue weighted by molar-refractivity contribution is -0.268. The molecule has 204 valence electrons. The highest BCUT2D eigenvalue weighted by Crippen LogP contribution is 2.43. The van der Waals surface area contributed by atoms with E-state index in [2.05, 4.69) is 11.9 Å². The molecular formula is C31H29N3O5S. The predicted molar refractivity (Wildman–Crippen MR) is 151 cm³/mol. The van der Waals surface area contributed by atoms with E-state index in [-0.39, 0.29) is 36.5 Å². The van der Waals surface area contributed by atoms with Gasteiger partial charge in [-0.3, -0.25) is 9.59 Å². The van der Waals surface area contributed by atoms with Crippen LogP contribution in [0.3, 0.4) is 0 Å². The number of aryl methyl sites for hydroxylation is 1. The Morgan fingerprint density at radius 1 is 0.900 bits per heavy atom. The number of imidazole rings is 1. The minimum Gasteiger partial charge on any atom is -0.392 e. The number of aliphatic hydroxyl groups excluding tert-OH is 1. The second-order valence-electron chi connectivity index (χ2n) is 10.0. The number of fused-ring (bicyclic) bond motifs is 1. The van der Waals surface area contributed by atoms with Gasteiger partial charge in [0.2, 0.25) is 0 Å². The number of carbonyl (C=O) groups excluding carboxylic acids is 2. The van der Waals surface area contributed by atoms with Crippen molar-refractivity contribution in [2.75, 3.05) is 10.7 Å². The zero-order chi connectivity index (χ0) is 27.8. The van der Waals surface area contributed by atoms with Gasteiger partial charge in [0, 0.05) is 36.7 Å². The number of aromatic nitrogens is 2. The first-order valence-electron chi connectivity index (χ1n) is 13.1. The molecule has 3 aromatic carbocycles. The number of thioether (sulfide) groups is 1. The fraction of sp³-hybridized carbons (Fsp3) is 0.258. The van der Waals surface area contributed by atoms with Crippen molar-refractivity contribution in [1.82, 2.24) is 9.55 Å². The number of imide groups is 1. The minimum atomic E-state index is -0.651. The number of hydrogen-bond donors (Lipinski definition) is 1. The summed E-state index contributed by atoms with van der Waals surface area (Å²) in [5, 5.41) is 10.4. The Labute approximate surface area is 236 Å². The Morgan fingerprint density at radius 3 is 2.15 bits per heavy atom.